The van der Waals surface area contributed by atoms with Gasteiger partial charge in [-0.05, 0) is 43.3 Å². The van der Waals surface area contributed by atoms with Gasteiger partial charge in [-0.1, -0.05) is 17.7 Å². The van der Waals surface area contributed by atoms with Gasteiger partial charge in [0.25, 0.3) is 11.8 Å². The van der Waals surface area contributed by atoms with Crippen LogP contribution in [-0.4, -0.2) is 48.1 Å². The van der Waals surface area contributed by atoms with E-state index in [1.807, 2.05) is 31.2 Å². The Morgan fingerprint density at radius 1 is 1.25 bits per heavy atom. The van der Waals surface area contributed by atoms with Crippen LogP contribution in [0.2, 0.25) is 0 Å². The summed E-state index contributed by atoms with van der Waals surface area (Å²) in [5.74, 6) is -1.31. The second kappa shape index (κ2) is 8.20. The van der Waals surface area contributed by atoms with Crippen molar-refractivity contribution in [3.63, 3.8) is 0 Å². The highest BCUT2D eigenvalue weighted by Gasteiger charge is 2.39. The van der Waals surface area contributed by atoms with Crippen molar-refractivity contribution in [2.45, 2.75) is 19.1 Å². The van der Waals surface area contributed by atoms with Crippen molar-refractivity contribution in [1.82, 2.24) is 0 Å². The Kier molecular flexibility index (Phi) is 5.72. The first-order valence-corrected chi connectivity index (χ1v) is 8.80. The van der Waals surface area contributed by atoms with Crippen molar-refractivity contribution in [3.8, 4) is 0 Å². The van der Waals surface area contributed by atoms with Crippen molar-refractivity contribution in [2.24, 2.45) is 5.73 Å². The first-order valence-electron chi connectivity index (χ1n) is 8.80. The SMILES string of the molecule is Cc1ccc(N2CCO[C@H](C(O)C(=O)Nc3ccc(C(=N)N)cc3)C2=O)cc1. The molecule has 8 nitrogen and oxygen atoms in total. The molecular weight excluding hydrogens is 360 g/mol. The maximum absolute atomic E-state index is 12.8. The van der Waals surface area contributed by atoms with Gasteiger partial charge in [0.05, 0.1) is 6.61 Å². The molecule has 0 spiro atoms. The summed E-state index contributed by atoms with van der Waals surface area (Å²) in [5.41, 5.74) is 8.07. The number of anilines is 2. The summed E-state index contributed by atoms with van der Waals surface area (Å²) in [6, 6.07) is 13.7. The van der Waals surface area contributed by atoms with Gasteiger partial charge in [0.15, 0.2) is 12.2 Å². The first kappa shape index (κ1) is 19.5. The van der Waals surface area contributed by atoms with Crippen LogP contribution in [0.5, 0.6) is 0 Å². The fraction of sp³-hybridized carbons (Fsp3) is 0.250. The van der Waals surface area contributed by atoms with E-state index in [2.05, 4.69) is 5.32 Å². The van der Waals surface area contributed by atoms with Crippen LogP contribution >= 0.6 is 0 Å². The molecule has 0 saturated carbocycles. The van der Waals surface area contributed by atoms with E-state index in [0.717, 1.165) is 5.56 Å². The summed E-state index contributed by atoms with van der Waals surface area (Å²) in [4.78, 5) is 26.6. The largest absolute Gasteiger partial charge is 0.384 e. The first-order chi connectivity index (χ1) is 13.4. The summed E-state index contributed by atoms with van der Waals surface area (Å²) in [7, 11) is 0. The molecule has 2 aromatic rings. The molecule has 5 N–H and O–H groups in total. The van der Waals surface area contributed by atoms with E-state index in [0.29, 0.717) is 23.5 Å². The summed E-state index contributed by atoms with van der Waals surface area (Å²) in [6.45, 7) is 2.51. The Hall–Kier alpha value is -3.23. The number of nitrogens with two attached hydrogens (primary N) is 1. The quantitative estimate of drug-likeness (QED) is 0.453. The lowest BCUT2D eigenvalue weighted by molar-refractivity contribution is -0.150. The molecule has 1 aliphatic rings. The smallest absolute Gasteiger partial charge is 0.259 e. The number of amidine groups is 1. The van der Waals surface area contributed by atoms with Crippen LogP contribution in [0.3, 0.4) is 0 Å². The molecule has 146 valence electrons. The third-order valence-corrected chi connectivity index (χ3v) is 4.49. The Balaban J connectivity index is 1.69. The van der Waals surface area contributed by atoms with Crippen molar-refractivity contribution in [2.75, 3.05) is 23.4 Å². The number of ether oxygens (including phenoxy) is 1. The molecule has 2 aromatic carbocycles. The number of carbonyl (C=O) groups excluding carboxylic acids is 2. The normalized spacial score (nSPS) is 17.9. The predicted molar refractivity (Wildman–Crippen MR) is 105 cm³/mol. The molecule has 0 radical (unpaired) electrons. The predicted octanol–water partition coefficient (Wildman–Crippen LogP) is 1.01. The van der Waals surface area contributed by atoms with Crippen LogP contribution in [0.1, 0.15) is 11.1 Å². The zero-order valence-corrected chi connectivity index (χ0v) is 15.4. The number of hydrogen-bond donors (Lipinski definition) is 4. The number of aliphatic hydroxyl groups excluding tert-OH is 1. The number of nitrogen functional groups attached to an aromatic ring is 1. The maximum Gasteiger partial charge on any atom is 0.259 e. The van der Waals surface area contributed by atoms with Gasteiger partial charge in [-0.2, -0.15) is 0 Å². The van der Waals surface area contributed by atoms with E-state index in [9.17, 15) is 14.7 Å². The zero-order chi connectivity index (χ0) is 20.3. The van der Waals surface area contributed by atoms with Gasteiger partial charge in [0.2, 0.25) is 0 Å². The van der Waals surface area contributed by atoms with Gasteiger partial charge in [-0.25, -0.2) is 0 Å². The number of aliphatic hydroxyl groups is 1. The minimum absolute atomic E-state index is 0.0877. The number of nitrogens with one attached hydrogen (secondary N) is 2. The average molecular weight is 382 g/mol. The number of morpholine rings is 1. The Morgan fingerprint density at radius 3 is 2.50 bits per heavy atom. The van der Waals surface area contributed by atoms with Gasteiger partial charge >= 0.3 is 0 Å². The zero-order valence-electron chi connectivity index (χ0n) is 15.4. The van der Waals surface area contributed by atoms with Crippen LogP contribution in [-0.2, 0) is 14.3 Å². The van der Waals surface area contributed by atoms with Crippen LogP contribution in [0.4, 0.5) is 11.4 Å². The van der Waals surface area contributed by atoms with E-state index in [1.54, 1.807) is 24.3 Å². The van der Waals surface area contributed by atoms with Crippen molar-refractivity contribution in [1.29, 1.82) is 5.41 Å². The molecule has 0 aliphatic carbocycles. The molecule has 28 heavy (non-hydrogen) atoms. The molecule has 1 aliphatic heterocycles. The van der Waals surface area contributed by atoms with Crippen molar-refractivity contribution in [3.05, 3.63) is 59.7 Å². The highest BCUT2D eigenvalue weighted by Crippen LogP contribution is 2.21. The summed E-state index contributed by atoms with van der Waals surface area (Å²) < 4.78 is 5.39. The molecule has 2 atom stereocenters. The van der Waals surface area contributed by atoms with Gasteiger partial charge in [-0.3, -0.25) is 15.0 Å². The lowest BCUT2D eigenvalue weighted by Crippen LogP contribution is -2.55. The minimum Gasteiger partial charge on any atom is -0.384 e. The molecule has 3 rings (SSSR count). The molecular formula is C20H22N4O4. The van der Waals surface area contributed by atoms with E-state index in [1.165, 1.54) is 4.90 Å². The topological polar surface area (TPSA) is 129 Å². The molecule has 8 heteroatoms. The van der Waals surface area contributed by atoms with E-state index in [4.69, 9.17) is 15.9 Å². The number of nitrogens with zero attached hydrogens (tertiary/aromatic N) is 1. The monoisotopic (exact) mass is 382 g/mol. The summed E-state index contributed by atoms with van der Waals surface area (Å²) >= 11 is 0. The third-order valence-electron chi connectivity index (χ3n) is 4.49. The molecule has 1 heterocycles. The van der Waals surface area contributed by atoms with Crippen LogP contribution < -0.4 is 16.0 Å². The summed E-state index contributed by atoms with van der Waals surface area (Å²) in [6.07, 6.45) is -2.94. The molecule has 1 saturated heterocycles. The van der Waals surface area contributed by atoms with Gasteiger partial charge in [0.1, 0.15) is 5.84 Å². The highest BCUT2D eigenvalue weighted by atomic mass is 16.5. The van der Waals surface area contributed by atoms with Gasteiger partial charge < -0.3 is 25.8 Å². The highest BCUT2D eigenvalue weighted by molar-refractivity contribution is 6.04. The Morgan fingerprint density at radius 2 is 1.89 bits per heavy atom. The average Bonchev–Trinajstić information content (AvgIpc) is 2.69. The lowest BCUT2D eigenvalue weighted by atomic mass is 10.1. The summed E-state index contributed by atoms with van der Waals surface area (Å²) in [5, 5.41) is 20.3. The van der Waals surface area contributed by atoms with Crippen molar-refractivity contribution < 1.29 is 19.4 Å². The standard InChI is InChI=1S/C20H22N4O4/c1-12-2-8-15(9-3-12)24-10-11-28-17(20(24)27)16(25)19(26)23-14-6-4-13(5-7-14)18(21)22/h2-9,16-17,25H,10-11H2,1H3,(H3,21,22)(H,23,26)/t16?,17-/m1/s1. The van der Waals surface area contributed by atoms with E-state index >= 15 is 0 Å². The molecule has 2 amide bonds. The number of amides is 2. The van der Waals surface area contributed by atoms with Gasteiger partial charge in [0, 0.05) is 23.5 Å². The minimum atomic E-state index is -1.66. The van der Waals surface area contributed by atoms with Crippen LogP contribution in [0.15, 0.2) is 48.5 Å². The fourth-order valence-corrected chi connectivity index (χ4v) is 2.90. The molecule has 0 bridgehead atoms. The Labute approximate surface area is 162 Å². The number of carbonyl (C=O) groups is 2. The number of hydrogen-bond acceptors (Lipinski definition) is 5. The molecule has 1 unspecified atom stereocenters. The van der Waals surface area contributed by atoms with Gasteiger partial charge in [-0.15, -0.1) is 0 Å². The maximum atomic E-state index is 12.8. The second-order valence-electron chi connectivity index (χ2n) is 6.54. The van der Waals surface area contributed by atoms with E-state index in [-0.39, 0.29) is 12.4 Å². The Bertz CT molecular complexity index is 880. The van der Waals surface area contributed by atoms with Crippen LogP contribution in [0.25, 0.3) is 0 Å². The fourth-order valence-electron chi connectivity index (χ4n) is 2.90. The number of rotatable bonds is 5. The third kappa shape index (κ3) is 4.19. The lowest BCUT2D eigenvalue weighted by Gasteiger charge is -2.34. The van der Waals surface area contributed by atoms with Crippen LogP contribution in [0, 0.1) is 12.3 Å². The van der Waals surface area contributed by atoms with Crippen molar-refractivity contribution >= 4 is 29.0 Å². The van der Waals surface area contributed by atoms with E-state index < -0.39 is 24.0 Å². The number of aryl methyl sites for hydroxylation is 1. The number of benzene rings is 2. The molecule has 0 aromatic heterocycles. The molecule has 1 fully saturated rings. The second-order valence-corrected chi connectivity index (χ2v) is 6.54.